The zero-order valence-corrected chi connectivity index (χ0v) is 14.0. The Balaban J connectivity index is 0.00000200. The molecule has 1 aliphatic rings. The largest absolute Gasteiger partial charge is 0.329 e. The first-order valence-electron chi connectivity index (χ1n) is 6.14. The van der Waals surface area contributed by atoms with Crippen molar-refractivity contribution in [3.05, 3.63) is 28.5 Å². The van der Waals surface area contributed by atoms with Crippen molar-refractivity contribution >= 4 is 38.4 Å². The number of rotatable bonds is 3. The number of halogens is 3. The Bertz CT molecular complexity index is 571. The molecule has 20 heavy (non-hydrogen) atoms. The van der Waals surface area contributed by atoms with Crippen molar-refractivity contribution in [2.45, 2.75) is 30.2 Å². The van der Waals surface area contributed by atoms with Gasteiger partial charge in [-0.2, -0.15) is 4.31 Å². The van der Waals surface area contributed by atoms with Gasteiger partial charge in [0.2, 0.25) is 10.0 Å². The van der Waals surface area contributed by atoms with Crippen LogP contribution in [-0.2, 0) is 10.0 Å². The molecular weight excluding hydrogens is 371 g/mol. The first kappa shape index (κ1) is 17.8. The molecule has 2 rings (SSSR count). The summed E-state index contributed by atoms with van der Waals surface area (Å²) in [6, 6.07) is 3.43. The molecule has 0 spiro atoms. The Hall–Kier alpha value is -0.210. The van der Waals surface area contributed by atoms with Crippen LogP contribution in [0, 0.1) is 5.82 Å². The molecule has 1 heterocycles. The molecule has 114 valence electrons. The van der Waals surface area contributed by atoms with Gasteiger partial charge in [-0.15, -0.1) is 12.4 Å². The van der Waals surface area contributed by atoms with E-state index in [-0.39, 0.29) is 27.8 Å². The van der Waals surface area contributed by atoms with Gasteiger partial charge in [0.05, 0.1) is 4.90 Å². The van der Waals surface area contributed by atoms with E-state index >= 15 is 0 Å². The second-order valence-electron chi connectivity index (χ2n) is 4.58. The monoisotopic (exact) mass is 386 g/mol. The highest BCUT2D eigenvalue weighted by Gasteiger charge is 2.33. The van der Waals surface area contributed by atoms with Crippen molar-refractivity contribution in [1.82, 2.24) is 4.31 Å². The highest BCUT2D eigenvalue weighted by Crippen LogP contribution is 2.29. The third kappa shape index (κ3) is 3.51. The lowest BCUT2D eigenvalue weighted by atomic mass is 10.1. The molecule has 4 nitrogen and oxygen atoms in total. The number of sulfonamides is 1. The van der Waals surface area contributed by atoms with Crippen molar-refractivity contribution in [1.29, 1.82) is 0 Å². The van der Waals surface area contributed by atoms with Gasteiger partial charge in [0, 0.05) is 23.6 Å². The standard InChI is InChI=1S/C12H16BrFN2O2S.ClH/c13-11-7-9(14)4-5-12(11)19(17,18)16-6-2-1-3-10(16)8-15;/h4-5,7,10H,1-3,6,8,15H2;1H. The SMILES string of the molecule is Cl.NCC1CCCCN1S(=O)(=O)c1ccc(F)cc1Br. The van der Waals surface area contributed by atoms with Crippen LogP contribution >= 0.6 is 28.3 Å². The van der Waals surface area contributed by atoms with Gasteiger partial charge in [0.15, 0.2) is 0 Å². The average molecular weight is 388 g/mol. The maximum Gasteiger partial charge on any atom is 0.244 e. The molecular formula is C12H17BrClFN2O2S. The molecule has 1 fully saturated rings. The molecule has 0 radical (unpaired) electrons. The van der Waals surface area contributed by atoms with E-state index in [4.69, 9.17) is 5.73 Å². The fourth-order valence-corrected chi connectivity index (χ4v) is 5.05. The van der Waals surface area contributed by atoms with Gasteiger partial charge < -0.3 is 5.73 Å². The van der Waals surface area contributed by atoms with Crippen molar-refractivity contribution in [3.8, 4) is 0 Å². The molecule has 0 aliphatic carbocycles. The maximum atomic E-state index is 13.1. The normalized spacial score (nSPS) is 20.4. The van der Waals surface area contributed by atoms with E-state index < -0.39 is 15.8 Å². The lowest BCUT2D eigenvalue weighted by Crippen LogP contribution is -2.47. The Labute approximate surface area is 133 Å². The zero-order chi connectivity index (χ0) is 14.0. The molecule has 0 aromatic heterocycles. The first-order chi connectivity index (χ1) is 8.96. The fourth-order valence-electron chi connectivity index (χ4n) is 2.34. The summed E-state index contributed by atoms with van der Waals surface area (Å²) in [7, 11) is -3.63. The highest BCUT2D eigenvalue weighted by molar-refractivity contribution is 9.10. The Morgan fingerprint density at radius 1 is 1.40 bits per heavy atom. The van der Waals surface area contributed by atoms with Crippen molar-refractivity contribution < 1.29 is 12.8 Å². The van der Waals surface area contributed by atoms with Crippen LogP contribution in [0.3, 0.4) is 0 Å². The van der Waals surface area contributed by atoms with E-state index in [1.165, 1.54) is 10.4 Å². The van der Waals surface area contributed by atoms with Gasteiger partial charge in [0.25, 0.3) is 0 Å². The second kappa shape index (κ2) is 7.17. The van der Waals surface area contributed by atoms with Gasteiger partial charge in [-0.05, 0) is 47.0 Å². The Morgan fingerprint density at radius 3 is 2.70 bits per heavy atom. The van der Waals surface area contributed by atoms with Crippen LogP contribution in [0.15, 0.2) is 27.6 Å². The summed E-state index contributed by atoms with van der Waals surface area (Å²) >= 11 is 3.11. The van der Waals surface area contributed by atoms with Crippen LogP contribution in [0.5, 0.6) is 0 Å². The van der Waals surface area contributed by atoms with Crippen LogP contribution in [-0.4, -0.2) is 31.9 Å². The van der Waals surface area contributed by atoms with E-state index in [1.54, 1.807) is 0 Å². The predicted molar refractivity (Wildman–Crippen MR) is 81.9 cm³/mol. The summed E-state index contributed by atoms with van der Waals surface area (Å²) in [5.41, 5.74) is 5.65. The van der Waals surface area contributed by atoms with Crippen LogP contribution in [0.4, 0.5) is 4.39 Å². The van der Waals surface area contributed by atoms with Crippen LogP contribution in [0.2, 0.25) is 0 Å². The lowest BCUT2D eigenvalue weighted by molar-refractivity contribution is 0.257. The fraction of sp³-hybridized carbons (Fsp3) is 0.500. The topological polar surface area (TPSA) is 63.4 Å². The van der Waals surface area contributed by atoms with Crippen molar-refractivity contribution in [2.75, 3.05) is 13.1 Å². The minimum Gasteiger partial charge on any atom is -0.329 e. The van der Waals surface area contributed by atoms with E-state index in [1.807, 2.05) is 0 Å². The second-order valence-corrected chi connectivity index (χ2v) is 7.29. The Morgan fingerprint density at radius 2 is 2.10 bits per heavy atom. The molecule has 0 saturated carbocycles. The number of hydrogen-bond acceptors (Lipinski definition) is 3. The van der Waals surface area contributed by atoms with Crippen molar-refractivity contribution in [3.63, 3.8) is 0 Å². The minimum atomic E-state index is -3.63. The smallest absolute Gasteiger partial charge is 0.244 e. The van der Waals surface area contributed by atoms with Crippen LogP contribution in [0.1, 0.15) is 19.3 Å². The van der Waals surface area contributed by atoms with E-state index in [0.29, 0.717) is 13.1 Å². The molecule has 8 heteroatoms. The third-order valence-electron chi connectivity index (χ3n) is 3.33. The lowest BCUT2D eigenvalue weighted by Gasteiger charge is -2.34. The summed E-state index contributed by atoms with van der Waals surface area (Å²) in [4.78, 5) is 0.0919. The number of nitrogens with zero attached hydrogens (tertiary/aromatic N) is 1. The summed E-state index contributed by atoms with van der Waals surface area (Å²) in [6.07, 6.45) is 2.58. The van der Waals surface area contributed by atoms with Crippen molar-refractivity contribution in [2.24, 2.45) is 5.73 Å². The molecule has 1 aromatic carbocycles. The van der Waals surface area contributed by atoms with Crippen LogP contribution in [0.25, 0.3) is 0 Å². The molecule has 1 unspecified atom stereocenters. The van der Waals surface area contributed by atoms with Gasteiger partial charge in [-0.25, -0.2) is 12.8 Å². The molecule has 1 atom stereocenters. The quantitative estimate of drug-likeness (QED) is 0.867. The van der Waals surface area contributed by atoms with Gasteiger partial charge >= 0.3 is 0 Å². The predicted octanol–water partition coefficient (Wildman–Crippen LogP) is 2.51. The number of benzene rings is 1. The number of nitrogens with two attached hydrogens (primary N) is 1. The van der Waals surface area contributed by atoms with E-state index in [9.17, 15) is 12.8 Å². The summed E-state index contributed by atoms with van der Waals surface area (Å²) in [5, 5.41) is 0. The zero-order valence-electron chi connectivity index (χ0n) is 10.8. The van der Waals surface area contributed by atoms with E-state index in [0.717, 1.165) is 31.4 Å². The molecule has 1 aliphatic heterocycles. The van der Waals surface area contributed by atoms with Gasteiger partial charge in [-0.3, -0.25) is 0 Å². The molecule has 1 saturated heterocycles. The van der Waals surface area contributed by atoms with E-state index in [2.05, 4.69) is 15.9 Å². The highest BCUT2D eigenvalue weighted by atomic mass is 79.9. The third-order valence-corrected chi connectivity index (χ3v) is 6.25. The van der Waals surface area contributed by atoms with Gasteiger partial charge in [-0.1, -0.05) is 6.42 Å². The average Bonchev–Trinajstić information content (AvgIpc) is 2.38. The molecule has 2 N–H and O–H groups in total. The molecule has 0 amide bonds. The van der Waals surface area contributed by atoms with Crippen LogP contribution < -0.4 is 5.73 Å². The van der Waals surface area contributed by atoms with Gasteiger partial charge in [0.1, 0.15) is 5.82 Å². The summed E-state index contributed by atoms with van der Waals surface area (Å²) in [5.74, 6) is -0.472. The number of piperidine rings is 1. The minimum absolute atomic E-state index is 0. The number of hydrogen-bond donors (Lipinski definition) is 1. The Kier molecular flexibility index (Phi) is 6.40. The molecule has 0 bridgehead atoms. The first-order valence-corrected chi connectivity index (χ1v) is 8.37. The summed E-state index contributed by atoms with van der Waals surface area (Å²) in [6.45, 7) is 0.770. The molecule has 1 aromatic rings. The summed E-state index contributed by atoms with van der Waals surface area (Å²) < 4.78 is 40.0. The maximum absolute atomic E-state index is 13.1.